The van der Waals surface area contributed by atoms with Gasteiger partial charge in [0.2, 0.25) is 0 Å². The second-order valence-corrected chi connectivity index (χ2v) is 20.5. The molecule has 0 aliphatic rings. The van der Waals surface area contributed by atoms with Crippen LogP contribution in [0.25, 0.3) is 0 Å². The van der Waals surface area contributed by atoms with E-state index in [1.807, 2.05) is 0 Å². The Labute approximate surface area is 462 Å². The summed E-state index contributed by atoms with van der Waals surface area (Å²) in [4.78, 5) is 48.6. The van der Waals surface area contributed by atoms with Crippen LogP contribution in [0.2, 0.25) is 0 Å². The van der Waals surface area contributed by atoms with Gasteiger partial charge in [-0.1, -0.05) is 200 Å². The summed E-state index contributed by atoms with van der Waals surface area (Å²) in [5, 5.41) is 9.81. The maximum Gasteiger partial charge on any atom is 0.472 e. The van der Waals surface area contributed by atoms with Gasteiger partial charge in [0.25, 0.3) is 0 Å². The van der Waals surface area contributed by atoms with Gasteiger partial charge in [-0.15, -0.1) is 0 Å². The lowest BCUT2D eigenvalue weighted by atomic mass is 10.1. The van der Waals surface area contributed by atoms with Gasteiger partial charge >= 0.3 is 25.7 Å². The predicted octanol–water partition coefficient (Wildman–Crippen LogP) is 17.6. The van der Waals surface area contributed by atoms with Gasteiger partial charge in [-0.2, -0.15) is 0 Å². The number of allylic oxidation sites excluding steroid dienone is 20. The molecule has 0 aliphatic carbocycles. The Morgan fingerprint density at radius 1 is 0.382 bits per heavy atom. The highest BCUT2D eigenvalue weighted by Crippen LogP contribution is 2.43. The Hall–Kier alpha value is -4.12. The number of rotatable bonds is 53. The van der Waals surface area contributed by atoms with Gasteiger partial charge in [0.15, 0.2) is 6.10 Å². The van der Waals surface area contributed by atoms with Crippen LogP contribution in [0.15, 0.2) is 122 Å². The molecule has 0 amide bonds. The lowest BCUT2D eigenvalue weighted by molar-refractivity contribution is -0.161. The van der Waals surface area contributed by atoms with E-state index in [-0.39, 0.29) is 25.9 Å². The summed E-state index contributed by atoms with van der Waals surface area (Å²) in [7, 11) is -4.77. The van der Waals surface area contributed by atoms with E-state index in [2.05, 4.69) is 142 Å². The summed E-state index contributed by atoms with van der Waals surface area (Å²) in [6.45, 7) is 4.31. The zero-order chi connectivity index (χ0) is 55.5. The molecule has 0 saturated carbocycles. The molecule has 3 unspecified atom stereocenters. The minimum atomic E-state index is -4.77. The number of aliphatic hydroxyl groups is 1. The fourth-order valence-corrected chi connectivity index (χ4v) is 8.21. The molecule has 2 N–H and O–H groups in total. The Balaban J connectivity index is 4.86. The van der Waals surface area contributed by atoms with E-state index in [4.69, 9.17) is 23.3 Å². The molecule has 0 spiro atoms. The zero-order valence-corrected chi connectivity index (χ0v) is 48.6. The topological polar surface area (TPSA) is 155 Å². The van der Waals surface area contributed by atoms with Crippen LogP contribution in [0.4, 0.5) is 0 Å². The number of ether oxygens (including phenoxy) is 3. The van der Waals surface area contributed by atoms with E-state index in [0.29, 0.717) is 19.3 Å². The molecule has 432 valence electrons. The van der Waals surface area contributed by atoms with Gasteiger partial charge in [-0.25, -0.2) is 4.57 Å². The average molecular weight is 1080 g/mol. The molecular formula is C64H105O11P. The third kappa shape index (κ3) is 54.7. The van der Waals surface area contributed by atoms with Crippen molar-refractivity contribution in [2.45, 2.75) is 238 Å². The first-order valence-corrected chi connectivity index (χ1v) is 30.9. The van der Waals surface area contributed by atoms with Crippen LogP contribution in [0.5, 0.6) is 0 Å². The normalized spacial score (nSPS) is 14.2. The SMILES string of the molecule is CC/C=C\C/C=C\C/C=C\C/C=C\C/C=C\CCCCCC(=O)OC(COC(=O)CCCCCC/C=C\C/C=C\C/C=C\C/C=C\CC)COP(=O)(O)OCC(CO)OC(=O)CCCCCCC/C=C\CCCCCC. The van der Waals surface area contributed by atoms with Crippen LogP contribution in [0.1, 0.15) is 226 Å². The molecule has 0 bridgehead atoms. The lowest BCUT2D eigenvalue weighted by Gasteiger charge is -2.21. The highest BCUT2D eigenvalue weighted by atomic mass is 31.2. The van der Waals surface area contributed by atoms with Crippen molar-refractivity contribution < 1.29 is 52.2 Å². The fourth-order valence-electron chi connectivity index (χ4n) is 7.43. The van der Waals surface area contributed by atoms with Gasteiger partial charge < -0.3 is 24.2 Å². The number of esters is 3. The zero-order valence-electron chi connectivity index (χ0n) is 47.7. The molecule has 0 radical (unpaired) electrons. The summed E-state index contributed by atoms with van der Waals surface area (Å²) in [5.74, 6) is -1.55. The van der Waals surface area contributed by atoms with Crippen molar-refractivity contribution in [3.05, 3.63) is 122 Å². The number of aliphatic hydroxyl groups excluding tert-OH is 1. The van der Waals surface area contributed by atoms with Crippen LogP contribution in [0.3, 0.4) is 0 Å². The molecule has 12 heteroatoms. The molecule has 0 fully saturated rings. The number of phosphoric ester groups is 1. The van der Waals surface area contributed by atoms with Crippen molar-refractivity contribution in [1.82, 2.24) is 0 Å². The number of unbranched alkanes of at least 4 members (excludes halogenated alkanes) is 16. The third-order valence-electron chi connectivity index (χ3n) is 11.8. The molecule has 3 atom stereocenters. The number of hydrogen-bond acceptors (Lipinski definition) is 10. The minimum Gasteiger partial charge on any atom is -0.462 e. The van der Waals surface area contributed by atoms with Gasteiger partial charge in [-0.05, 0) is 128 Å². The molecular weight excluding hydrogens is 976 g/mol. The highest BCUT2D eigenvalue weighted by Gasteiger charge is 2.28. The molecule has 0 heterocycles. The van der Waals surface area contributed by atoms with E-state index >= 15 is 0 Å². The third-order valence-corrected chi connectivity index (χ3v) is 12.8. The van der Waals surface area contributed by atoms with E-state index in [0.717, 1.165) is 141 Å². The maximum absolute atomic E-state index is 12.9. The summed E-state index contributed by atoms with van der Waals surface area (Å²) in [6.07, 6.45) is 70.1. The maximum atomic E-state index is 12.9. The van der Waals surface area contributed by atoms with Crippen LogP contribution in [-0.2, 0) is 42.2 Å². The first-order valence-electron chi connectivity index (χ1n) is 29.4. The minimum absolute atomic E-state index is 0.116. The van der Waals surface area contributed by atoms with Gasteiger partial charge in [0.1, 0.15) is 12.7 Å². The van der Waals surface area contributed by atoms with Gasteiger partial charge in [0, 0.05) is 19.3 Å². The first-order chi connectivity index (χ1) is 37.2. The smallest absolute Gasteiger partial charge is 0.462 e. The number of phosphoric acid groups is 1. The van der Waals surface area contributed by atoms with Crippen LogP contribution >= 0.6 is 7.82 Å². The van der Waals surface area contributed by atoms with E-state index in [1.54, 1.807) is 0 Å². The van der Waals surface area contributed by atoms with E-state index in [1.165, 1.54) is 25.7 Å². The summed E-state index contributed by atoms with van der Waals surface area (Å²) >= 11 is 0. The molecule has 0 aliphatic heterocycles. The van der Waals surface area contributed by atoms with Crippen LogP contribution in [0, 0.1) is 0 Å². The predicted molar refractivity (Wildman–Crippen MR) is 316 cm³/mol. The standard InChI is InChI=1S/C64H105O11P/c1-4-7-10-13-16-19-22-25-27-29-30-32-34-37-40-43-46-49-52-55-64(68)75-61(57-71-62(66)53-50-47-44-41-38-36-33-31-28-26-23-20-17-14-11-8-5-2)59-73-76(69,70)72-58-60(56-65)74-63(67)54-51-48-45-42-39-35-24-21-18-15-12-9-6-3/h7-8,10-11,16-17,19-21,24-28,30,32-33,36-37,40,60-61,65H,4-6,9,12-15,18,22-23,29,31,34-35,38-39,41-59H2,1-3H3,(H,69,70)/b10-7-,11-8-,19-16-,20-17-,24-21-,27-25-,28-26-,32-30-,36-33-,40-37-. The number of hydrogen-bond donors (Lipinski definition) is 2. The van der Waals surface area contributed by atoms with Crippen molar-refractivity contribution in [3.8, 4) is 0 Å². The lowest BCUT2D eigenvalue weighted by Crippen LogP contribution is -2.30. The van der Waals surface area contributed by atoms with Crippen LogP contribution < -0.4 is 0 Å². The number of carbonyl (C=O) groups is 3. The molecule has 11 nitrogen and oxygen atoms in total. The monoisotopic (exact) mass is 1080 g/mol. The van der Waals surface area contributed by atoms with E-state index < -0.39 is 57.8 Å². The summed E-state index contributed by atoms with van der Waals surface area (Å²) < 4.78 is 39.5. The fraction of sp³-hybridized carbons (Fsp3) is 0.641. The van der Waals surface area contributed by atoms with Gasteiger partial charge in [0.05, 0.1) is 19.8 Å². The molecule has 0 aromatic heterocycles. The highest BCUT2D eigenvalue weighted by molar-refractivity contribution is 7.47. The molecule has 0 rings (SSSR count). The summed E-state index contributed by atoms with van der Waals surface area (Å²) in [5.41, 5.74) is 0. The second kappa shape index (κ2) is 57.1. The Morgan fingerprint density at radius 3 is 1.08 bits per heavy atom. The van der Waals surface area contributed by atoms with E-state index in [9.17, 15) is 28.9 Å². The molecule has 76 heavy (non-hydrogen) atoms. The van der Waals surface area contributed by atoms with Crippen molar-refractivity contribution in [2.75, 3.05) is 26.4 Å². The van der Waals surface area contributed by atoms with Crippen molar-refractivity contribution in [1.29, 1.82) is 0 Å². The van der Waals surface area contributed by atoms with Crippen molar-refractivity contribution in [3.63, 3.8) is 0 Å². The van der Waals surface area contributed by atoms with Gasteiger partial charge in [-0.3, -0.25) is 23.4 Å². The molecule has 0 aromatic rings. The Morgan fingerprint density at radius 2 is 0.684 bits per heavy atom. The average Bonchev–Trinajstić information content (AvgIpc) is 3.41. The molecule has 0 aromatic carbocycles. The van der Waals surface area contributed by atoms with Crippen molar-refractivity contribution in [2.24, 2.45) is 0 Å². The quantitative estimate of drug-likeness (QED) is 0.0197. The Kier molecular flexibility index (Phi) is 54.0. The number of carbonyl (C=O) groups excluding carboxylic acids is 3. The Bertz CT molecular complexity index is 1740. The molecule has 0 saturated heterocycles. The summed E-state index contributed by atoms with van der Waals surface area (Å²) in [6, 6.07) is 0. The largest absolute Gasteiger partial charge is 0.472 e. The second-order valence-electron chi connectivity index (χ2n) is 19.0. The first kappa shape index (κ1) is 71.9. The van der Waals surface area contributed by atoms with Crippen molar-refractivity contribution >= 4 is 25.7 Å². The van der Waals surface area contributed by atoms with Crippen LogP contribution in [-0.4, -0.2) is 66.5 Å².